The number of para-hydroxylation sites is 1. The molecule has 0 saturated carbocycles. The Morgan fingerprint density at radius 1 is 1.00 bits per heavy atom. The van der Waals surface area contributed by atoms with Gasteiger partial charge in [-0.15, -0.1) is 0 Å². The normalized spacial score (nSPS) is 20.4. The summed E-state index contributed by atoms with van der Waals surface area (Å²) in [7, 11) is 0. The highest BCUT2D eigenvalue weighted by Crippen LogP contribution is 2.27. The molecule has 130 valence electrons. The van der Waals surface area contributed by atoms with Gasteiger partial charge in [0.05, 0.1) is 12.5 Å². The highest BCUT2D eigenvalue weighted by Gasteiger charge is 2.35. The summed E-state index contributed by atoms with van der Waals surface area (Å²) in [5.74, 6) is -0.900. The Hall–Kier alpha value is -2.82. The number of benzene rings is 2. The smallest absolute Gasteiger partial charge is 0.305 e. The number of piperazine rings is 1. The first-order valence-corrected chi connectivity index (χ1v) is 8.45. The Balaban J connectivity index is 1.85. The number of carbonyl (C=O) groups excluding carboxylic acids is 1. The molecule has 0 spiro atoms. The molecule has 0 aliphatic carbocycles. The van der Waals surface area contributed by atoms with Gasteiger partial charge in [-0.05, 0) is 31.2 Å². The number of carboxylic acids is 1. The summed E-state index contributed by atoms with van der Waals surface area (Å²) < 4.78 is 0. The zero-order valence-corrected chi connectivity index (χ0v) is 14.2. The van der Waals surface area contributed by atoms with Crippen LogP contribution in [0.25, 0.3) is 0 Å². The van der Waals surface area contributed by atoms with Crippen molar-refractivity contribution in [2.75, 3.05) is 18.0 Å². The molecule has 1 aliphatic heterocycles. The molecule has 1 saturated heterocycles. The lowest BCUT2D eigenvalue weighted by molar-refractivity contribution is -0.137. The van der Waals surface area contributed by atoms with E-state index in [2.05, 4.69) is 4.90 Å². The molecule has 0 unspecified atom stereocenters. The van der Waals surface area contributed by atoms with Crippen molar-refractivity contribution in [3.05, 3.63) is 66.2 Å². The zero-order chi connectivity index (χ0) is 17.8. The third-order valence-electron chi connectivity index (χ3n) is 4.56. The van der Waals surface area contributed by atoms with E-state index in [4.69, 9.17) is 0 Å². The second-order valence-electron chi connectivity index (χ2n) is 6.42. The Labute approximate surface area is 147 Å². The lowest BCUT2D eigenvalue weighted by atomic mass is 10.0. The fraction of sp³-hybridized carbons (Fsp3) is 0.300. The van der Waals surface area contributed by atoms with Gasteiger partial charge in [-0.25, -0.2) is 0 Å². The van der Waals surface area contributed by atoms with E-state index in [1.165, 1.54) is 0 Å². The van der Waals surface area contributed by atoms with Gasteiger partial charge in [-0.3, -0.25) is 9.59 Å². The minimum Gasteiger partial charge on any atom is -0.481 e. The SMILES string of the molecule is C[C@@H]1CN(C(=O)c2ccccc2)C[C@H](CC(=O)O)N1c1ccccc1. The van der Waals surface area contributed by atoms with Crippen molar-refractivity contribution in [3.63, 3.8) is 0 Å². The van der Waals surface area contributed by atoms with E-state index < -0.39 is 5.97 Å². The lowest BCUT2D eigenvalue weighted by Crippen LogP contribution is -2.59. The third kappa shape index (κ3) is 3.82. The average molecular weight is 338 g/mol. The maximum absolute atomic E-state index is 12.8. The van der Waals surface area contributed by atoms with Crippen molar-refractivity contribution < 1.29 is 14.7 Å². The monoisotopic (exact) mass is 338 g/mol. The number of hydrogen-bond acceptors (Lipinski definition) is 3. The van der Waals surface area contributed by atoms with Gasteiger partial charge in [0.15, 0.2) is 0 Å². The second-order valence-corrected chi connectivity index (χ2v) is 6.42. The molecular weight excluding hydrogens is 316 g/mol. The number of hydrogen-bond donors (Lipinski definition) is 1. The second kappa shape index (κ2) is 7.38. The molecule has 1 fully saturated rings. The highest BCUT2D eigenvalue weighted by molar-refractivity contribution is 5.94. The van der Waals surface area contributed by atoms with Gasteiger partial charge in [0.1, 0.15) is 0 Å². The van der Waals surface area contributed by atoms with E-state index in [-0.39, 0.29) is 24.4 Å². The first-order valence-electron chi connectivity index (χ1n) is 8.45. The molecule has 2 aromatic rings. The van der Waals surface area contributed by atoms with Crippen molar-refractivity contribution >= 4 is 17.6 Å². The molecule has 1 aliphatic rings. The Morgan fingerprint density at radius 2 is 1.60 bits per heavy atom. The number of carboxylic acid groups (broad SMARTS) is 1. The molecule has 0 aromatic heterocycles. The average Bonchev–Trinajstić information content (AvgIpc) is 2.61. The number of rotatable bonds is 4. The molecule has 2 aromatic carbocycles. The van der Waals surface area contributed by atoms with Gasteiger partial charge in [0.2, 0.25) is 0 Å². The fourth-order valence-corrected chi connectivity index (χ4v) is 3.54. The molecule has 5 heteroatoms. The molecule has 1 heterocycles. The summed E-state index contributed by atoms with van der Waals surface area (Å²) >= 11 is 0. The topological polar surface area (TPSA) is 60.9 Å². The summed E-state index contributed by atoms with van der Waals surface area (Å²) in [5.41, 5.74) is 1.63. The van der Waals surface area contributed by atoms with E-state index >= 15 is 0 Å². The standard InChI is InChI=1S/C20H22N2O3/c1-15-13-21(20(25)16-8-4-2-5-9-16)14-18(12-19(23)24)22(15)17-10-6-3-7-11-17/h2-11,15,18H,12-14H2,1H3,(H,23,24)/t15-,18+/m1/s1. The summed E-state index contributed by atoms with van der Waals surface area (Å²) in [6.45, 7) is 3.00. The van der Waals surface area contributed by atoms with Crippen LogP contribution in [0.3, 0.4) is 0 Å². The van der Waals surface area contributed by atoms with Crippen LogP contribution in [0, 0.1) is 0 Å². The van der Waals surface area contributed by atoms with Crippen molar-refractivity contribution in [2.24, 2.45) is 0 Å². The first kappa shape index (κ1) is 17.0. The van der Waals surface area contributed by atoms with Crippen LogP contribution in [0.15, 0.2) is 60.7 Å². The number of aliphatic carboxylic acids is 1. The molecule has 25 heavy (non-hydrogen) atoms. The van der Waals surface area contributed by atoms with Crippen molar-refractivity contribution in [3.8, 4) is 0 Å². The molecule has 0 radical (unpaired) electrons. The van der Waals surface area contributed by atoms with Gasteiger partial charge < -0.3 is 14.9 Å². The van der Waals surface area contributed by atoms with Crippen molar-refractivity contribution in [2.45, 2.75) is 25.4 Å². The zero-order valence-electron chi connectivity index (χ0n) is 14.2. The Bertz CT molecular complexity index is 733. The van der Waals surface area contributed by atoms with E-state index in [1.54, 1.807) is 17.0 Å². The molecule has 3 rings (SSSR count). The van der Waals surface area contributed by atoms with Crippen molar-refractivity contribution in [1.29, 1.82) is 0 Å². The third-order valence-corrected chi connectivity index (χ3v) is 4.56. The maximum Gasteiger partial charge on any atom is 0.305 e. The number of carbonyl (C=O) groups is 2. The van der Waals surface area contributed by atoms with Crippen LogP contribution in [0.5, 0.6) is 0 Å². The molecule has 0 bridgehead atoms. The molecule has 5 nitrogen and oxygen atoms in total. The number of anilines is 1. The van der Waals surface area contributed by atoms with Gasteiger partial charge in [-0.1, -0.05) is 36.4 Å². The van der Waals surface area contributed by atoms with Crippen LogP contribution >= 0.6 is 0 Å². The maximum atomic E-state index is 12.8. The van der Waals surface area contributed by atoms with Crippen LogP contribution in [0.4, 0.5) is 5.69 Å². The molecule has 1 amide bonds. The predicted molar refractivity (Wildman–Crippen MR) is 96.8 cm³/mol. The first-order chi connectivity index (χ1) is 12.1. The summed E-state index contributed by atoms with van der Waals surface area (Å²) in [5, 5.41) is 9.33. The van der Waals surface area contributed by atoms with Crippen LogP contribution in [-0.2, 0) is 4.79 Å². The van der Waals surface area contributed by atoms with Crippen LogP contribution < -0.4 is 4.90 Å². The van der Waals surface area contributed by atoms with Gasteiger partial charge >= 0.3 is 5.97 Å². The van der Waals surface area contributed by atoms with Crippen molar-refractivity contribution in [1.82, 2.24) is 4.90 Å². The Kier molecular flexibility index (Phi) is 5.03. The van der Waals surface area contributed by atoms with Gasteiger partial charge in [-0.2, -0.15) is 0 Å². The number of nitrogens with zero attached hydrogens (tertiary/aromatic N) is 2. The Morgan fingerprint density at radius 3 is 2.20 bits per heavy atom. The largest absolute Gasteiger partial charge is 0.481 e. The van der Waals surface area contributed by atoms with E-state index in [9.17, 15) is 14.7 Å². The van der Waals surface area contributed by atoms with Crippen LogP contribution in [-0.4, -0.2) is 47.1 Å². The van der Waals surface area contributed by atoms with Crippen LogP contribution in [0.2, 0.25) is 0 Å². The predicted octanol–water partition coefficient (Wildman–Crippen LogP) is 2.88. The molecule has 2 atom stereocenters. The molecular formula is C20H22N2O3. The number of amides is 1. The highest BCUT2D eigenvalue weighted by atomic mass is 16.4. The van der Waals surface area contributed by atoms with E-state index in [1.807, 2.05) is 55.5 Å². The van der Waals surface area contributed by atoms with Gasteiger partial charge in [0.25, 0.3) is 5.91 Å². The lowest BCUT2D eigenvalue weighted by Gasteiger charge is -2.46. The quantitative estimate of drug-likeness (QED) is 0.931. The fourth-order valence-electron chi connectivity index (χ4n) is 3.54. The molecule has 1 N–H and O–H groups in total. The van der Waals surface area contributed by atoms with E-state index in [0.717, 1.165) is 5.69 Å². The minimum atomic E-state index is -0.854. The summed E-state index contributed by atoms with van der Waals surface area (Å²) in [6, 6.07) is 18.7. The summed E-state index contributed by atoms with van der Waals surface area (Å²) in [6.07, 6.45) is -0.00218. The summed E-state index contributed by atoms with van der Waals surface area (Å²) in [4.78, 5) is 28.0. The van der Waals surface area contributed by atoms with Gasteiger partial charge in [0, 0.05) is 30.4 Å². The van der Waals surface area contributed by atoms with Crippen LogP contribution in [0.1, 0.15) is 23.7 Å². The minimum absolute atomic E-state index is 0.00218. The van der Waals surface area contributed by atoms with E-state index in [0.29, 0.717) is 18.7 Å².